The Morgan fingerprint density at radius 3 is 2.10 bits per heavy atom. The first kappa shape index (κ1) is 25.5. The second kappa shape index (κ2) is 10.1. The molecule has 2 saturated carbocycles. The smallest absolute Gasteiger partial charge is 0.332 e. The molecule has 3 fully saturated rings. The molecule has 1 saturated heterocycles. The van der Waals surface area contributed by atoms with E-state index >= 15 is 0 Å². The number of aliphatic imine (C=N–C) groups is 1. The second-order valence-corrected chi connectivity index (χ2v) is 11.0. The molecule has 3 aliphatic rings. The van der Waals surface area contributed by atoms with Gasteiger partial charge in [0.2, 0.25) is 11.7 Å². The highest BCUT2D eigenvalue weighted by Crippen LogP contribution is 2.39. The third kappa shape index (κ3) is 4.79. The average molecular weight is 537 g/mol. The molecule has 39 heavy (non-hydrogen) atoms. The number of aromatic nitrogens is 4. The largest absolute Gasteiger partial charge is 0.493 e. The Kier molecular flexibility index (Phi) is 6.60. The molecule has 11 nitrogen and oxygen atoms in total. The van der Waals surface area contributed by atoms with Gasteiger partial charge in [0.05, 0.1) is 27.9 Å². The van der Waals surface area contributed by atoms with Crippen molar-refractivity contribution in [1.29, 1.82) is 0 Å². The van der Waals surface area contributed by atoms with Crippen molar-refractivity contribution >= 4 is 22.9 Å². The summed E-state index contributed by atoms with van der Waals surface area (Å²) < 4.78 is 21.7. The molecule has 0 N–H and O–H groups in total. The Bertz CT molecular complexity index is 1530. The summed E-state index contributed by atoms with van der Waals surface area (Å²) in [5, 5.41) is 0. The Morgan fingerprint density at radius 2 is 1.56 bits per heavy atom. The van der Waals surface area contributed by atoms with Crippen molar-refractivity contribution in [2.45, 2.75) is 58.2 Å². The SMILES string of the molecule is COc1cc(Cn2c(/N=C3\CCCN3C)nc3c2c(=O)n(CC2CC2)c(=O)n3CC2CC2)cc(OC)c1OC. The van der Waals surface area contributed by atoms with E-state index in [0.29, 0.717) is 65.8 Å². The number of benzene rings is 1. The van der Waals surface area contributed by atoms with E-state index in [1.165, 1.54) is 4.57 Å². The molecule has 0 radical (unpaired) electrons. The maximum atomic E-state index is 14.0. The van der Waals surface area contributed by atoms with Gasteiger partial charge in [-0.25, -0.2) is 4.79 Å². The maximum absolute atomic E-state index is 14.0. The minimum atomic E-state index is -0.305. The summed E-state index contributed by atoms with van der Waals surface area (Å²) in [6, 6.07) is 3.74. The van der Waals surface area contributed by atoms with Crippen molar-refractivity contribution in [2.24, 2.45) is 16.8 Å². The van der Waals surface area contributed by atoms with E-state index in [1.807, 2.05) is 23.7 Å². The zero-order valence-corrected chi connectivity index (χ0v) is 23.1. The van der Waals surface area contributed by atoms with Crippen LogP contribution in [0.25, 0.3) is 11.2 Å². The molecule has 3 aromatic rings. The van der Waals surface area contributed by atoms with Gasteiger partial charge in [-0.05, 0) is 61.6 Å². The highest BCUT2D eigenvalue weighted by molar-refractivity contribution is 5.86. The van der Waals surface area contributed by atoms with Gasteiger partial charge in [0.25, 0.3) is 5.56 Å². The molecule has 2 aliphatic carbocycles. The van der Waals surface area contributed by atoms with E-state index in [9.17, 15) is 9.59 Å². The number of imidazole rings is 1. The fourth-order valence-electron chi connectivity index (χ4n) is 5.42. The first-order valence-electron chi connectivity index (χ1n) is 13.7. The number of hydrogen-bond donors (Lipinski definition) is 0. The topological polar surface area (TPSA) is 105 Å². The summed E-state index contributed by atoms with van der Waals surface area (Å²) in [6.07, 6.45) is 6.11. The lowest BCUT2D eigenvalue weighted by molar-refractivity contribution is 0.323. The molecule has 1 aliphatic heterocycles. The quantitative estimate of drug-likeness (QED) is 0.392. The number of fused-ring (bicyclic) bond motifs is 1. The minimum absolute atomic E-state index is 0.263. The molecule has 0 spiro atoms. The van der Waals surface area contributed by atoms with Crippen LogP contribution < -0.4 is 25.5 Å². The number of ether oxygens (including phenoxy) is 3. The van der Waals surface area contributed by atoms with Crippen molar-refractivity contribution in [3.63, 3.8) is 0 Å². The standard InChI is InChI=1S/C28H36N6O5/c1-31-11-5-6-22(31)29-27-30-25-23(32(27)16-19-12-20(37-2)24(39-4)21(13-19)38-3)26(35)34(15-18-9-10-18)28(36)33(25)14-17-7-8-17/h12-13,17-18H,5-11,14-16H2,1-4H3/b29-22+. The van der Waals surface area contributed by atoms with Crippen LogP contribution in [0.1, 0.15) is 44.1 Å². The summed E-state index contributed by atoms with van der Waals surface area (Å²) in [6.45, 7) is 2.23. The van der Waals surface area contributed by atoms with Crippen LogP contribution in [-0.4, -0.2) is 64.3 Å². The van der Waals surface area contributed by atoms with Gasteiger partial charge in [-0.3, -0.25) is 18.5 Å². The molecule has 1 aromatic carbocycles. The van der Waals surface area contributed by atoms with Gasteiger partial charge in [-0.15, -0.1) is 0 Å². The maximum Gasteiger partial charge on any atom is 0.332 e. The van der Waals surface area contributed by atoms with Crippen LogP contribution in [-0.2, 0) is 19.6 Å². The predicted octanol–water partition coefficient (Wildman–Crippen LogP) is 3.01. The van der Waals surface area contributed by atoms with E-state index < -0.39 is 0 Å². The summed E-state index contributed by atoms with van der Waals surface area (Å²) in [5.41, 5.74) is 1.08. The van der Waals surface area contributed by atoms with Gasteiger partial charge < -0.3 is 19.1 Å². The van der Waals surface area contributed by atoms with Crippen molar-refractivity contribution in [2.75, 3.05) is 34.9 Å². The van der Waals surface area contributed by atoms with Crippen LogP contribution in [0.4, 0.5) is 5.95 Å². The number of amidine groups is 1. The normalized spacial score (nSPS) is 18.4. The monoisotopic (exact) mass is 536 g/mol. The zero-order valence-electron chi connectivity index (χ0n) is 23.1. The summed E-state index contributed by atoms with van der Waals surface area (Å²) >= 11 is 0. The molecule has 0 unspecified atom stereocenters. The number of methoxy groups -OCH3 is 3. The summed E-state index contributed by atoms with van der Waals surface area (Å²) in [4.78, 5) is 39.6. The molecule has 0 bridgehead atoms. The number of rotatable bonds is 10. The predicted molar refractivity (Wildman–Crippen MR) is 148 cm³/mol. The molecule has 6 rings (SSSR count). The molecule has 208 valence electrons. The lowest BCUT2D eigenvalue weighted by atomic mass is 10.1. The van der Waals surface area contributed by atoms with Gasteiger partial charge in [-0.1, -0.05) is 0 Å². The van der Waals surface area contributed by atoms with Crippen LogP contribution >= 0.6 is 0 Å². The molecule has 3 heterocycles. The van der Waals surface area contributed by atoms with E-state index in [0.717, 1.165) is 56.5 Å². The average Bonchev–Trinajstić information content (AvgIpc) is 3.86. The molecular weight excluding hydrogens is 500 g/mol. The van der Waals surface area contributed by atoms with Gasteiger partial charge in [0.15, 0.2) is 22.7 Å². The van der Waals surface area contributed by atoms with E-state index in [2.05, 4.69) is 4.90 Å². The highest BCUT2D eigenvalue weighted by Gasteiger charge is 2.30. The van der Waals surface area contributed by atoms with Crippen molar-refractivity contribution in [1.82, 2.24) is 23.6 Å². The Balaban J connectivity index is 1.58. The van der Waals surface area contributed by atoms with Crippen LogP contribution in [0.3, 0.4) is 0 Å². The third-order valence-electron chi connectivity index (χ3n) is 8.00. The first-order valence-corrected chi connectivity index (χ1v) is 13.7. The Labute approximate surface area is 226 Å². The highest BCUT2D eigenvalue weighted by atomic mass is 16.5. The van der Waals surface area contributed by atoms with Crippen molar-refractivity contribution < 1.29 is 14.2 Å². The van der Waals surface area contributed by atoms with E-state index in [-0.39, 0.29) is 11.2 Å². The molecule has 0 atom stereocenters. The van der Waals surface area contributed by atoms with Crippen LogP contribution in [0, 0.1) is 11.8 Å². The first-order chi connectivity index (χ1) is 18.9. The third-order valence-corrected chi connectivity index (χ3v) is 8.00. The Hall–Kier alpha value is -3.76. The van der Waals surface area contributed by atoms with Gasteiger partial charge in [0.1, 0.15) is 5.84 Å². The van der Waals surface area contributed by atoms with Gasteiger partial charge >= 0.3 is 5.69 Å². The summed E-state index contributed by atoms with van der Waals surface area (Å²) in [5.74, 6) is 3.71. The Morgan fingerprint density at radius 1 is 0.923 bits per heavy atom. The van der Waals surface area contributed by atoms with E-state index in [4.69, 9.17) is 24.2 Å². The van der Waals surface area contributed by atoms with Gasteiger partial charge in [0, 0.05) is 33.1 Å². The number of likely N-dealkylation sites (tertiary alicyclic amines) is 1. The lowest BCUT2D eigenvalue weighted by Crippen LogP contribution is -2.41. The number of nitrogens with zero attached hydrogens (tertiary/aromatic N) is 6. The molecular formula is C28H36N6O5. The van der Waals surface area contributed by atoms with Crippen LogP contribution in [0.2, 0.25) is 0 Å². The molecule has 11 heteroatoms. The summed E-state index contributed by atoms with van der Waals surface area (Å²) in [7, 11) is 6.74. The lowest BCUT2D eigenvalue weighted by Gasteiger charge is -2.16. The fraction of sp³-hybridized carbons (Fsp3) is 0.571. The van der Waals surface area contributed by atoms with Gasteiger partial charge in [-0.2, -0.15) is 9.98 Å². The zero-order chi connectivity index (χ0) is 27.3. The van der Waals surface area contributed by atoms with Crippen molar-refractivity contribution in [3.8, 4) is 17.2 Å². The second-order valence-electron chi connectivity index (χ2n) is 11.0. The van der Waals surface area contributed by atoms with Crippen molar-refractivity contribution in [3.05, 3.63) is 38.5 Å². The molecule has 0 amide bonds. The van der Waals surface area contributed by atoms with E-state index in [1.54, 1.807) is 25.9 Å². The van der Waals surface area contributed by atoms with Crippen LogP contribution in [0.5, 0.6) is 17.2 Å². The number of hydrogen-bond acceptors (Lipinski definition) is 7. The molecule has 2 aromatic heterocycles. The van der Waals surface area contributed by atoms with Crippen LogP contribution in [0.15, 0.2) is 26.7 Å². The fourth-order valence-corrected chi connectivity index (χ4v) is 5.42. The minimum Gasteiger partial charge on any atom is -0.493 e.